The highest BCUT2D eigenvalue weighted by molar-refractivity contribution is 14.0. The lowest BCUT2D eigenvalue weighted by atomic mass is 10.2. The van der Waals surface area contributed by atoms with Gasteiger partial charge in [-0.1, -0.05) is 30.3 Å². The molecular weight excluding hydrogens is 501 g/mol. The third-order valence-corrected chi connectivity index (χ3v) is 6.03. The fraction of sp³-hybridized carbons (Fsp3) is 0.417. The van der Waals surface area contributed by atoms with Crippen LogP contribution in [-0.2, 0) is 17.8 Å². The maximum Gasteiger partial charge on any atom is 0.227 e. The van der Waals surface area contributed by atoms with E-state index < -0.39 is 0 Å². The summed E-state index contributed by atoms with van der Waals surface area (Å²) in [5.41, 5.74) is 4.94. The molecule has 0 bridgehead atoms. The molecular formula is C24H32IN5O. The van der Waals surface area contributed by atoms with Crippen molar-refractivity contribution in [3.63, 3.8) is 0 Å². The second-order valence-corrected chi connectivity index (χ2v) is 8.04. The van der Waals surface area contributed by atoms with Crippen molar-refractivity contribution < 1.29 is 4.79 Å². The largest absolute Gasteiger partial charge is 0.366 e. The summed E-state index contributed by atoms with van der Waals surface area (Å²) in [6, 6.07) is 17.3. The number of carbonyl (C=O) groups excluding carboxylic acids is 1. The second-order valence-electron chi connectivity index (χ2n) is 8.04. The number of nitrogens with zero attached hydrogens (tertiary/aromatic N) is 3. The highest BCUT2D eigenvalue weighted by Crippen LogP contribution is 2.28. The zero-order chi connectivity index (χ0) is 20.9. The Kier molecular flexibility index (Phi) is 8.17. The number of guanidine groups is 1. The number of hydrogen-bond acceptors (Lipinski definition) is 3. The maximum atomic E-state index is 11.9. The van der Waals surface area contributed by atoms with Gasteiger partial charge in [0.1, 0.15) is 0 Å². The van der Waals surface area contributed by atoms with Crippen LogP contribution in [0.1, 0.15) is 30.9 Å². The van der Waals surface area contributed by atoms with Gasteiger partial charge >= 0.3 is 0 Å². The molecule has 2 aliphatic heterocycles. The topological polar surface area (TPSA) is 60.0 Å². The van der Waals surface area contributed by atoms with Gasteiger partial charge < -0.3 is 20.4 Å². The summed E-state index contributed by atoms with van der Waals surface area (Å²) in [7, 11) is 1.80. The lowest BCUT2D eigenvalue weighted by molar-refractivity contribution is -0.117. The van der Waals surface area contributed by atoms with Crippen LogP contribution < -0.4 is 20.4 Å². The minimum Gasteiger partial charge on any atom is -0.366 e. The average molecular weight is 533 g/mol. The van der Waals surface area contributed by atoms with Crippen molar-refractivity contribution in [1.29, 1.82) is 0 Å². The van der Waals surface area contributed by atoms with Gasteiger partial charge in [0, 0.05) is 57.1 Å². The van der Waals surface area contributed by atoms with Gasteiger partial charge in [-0.3, -0.25) is 9.79 Å². The van der Waals surface area contributed by atoms with E-state index in [4.69, 9.17) is 0 Å². The molecule has 2 N–H and O–H groups in total. The first-order chi connectivity index (χ1) is 14.7. The van der Waals surface area contributed by atoms with Crippen molar-refractivity contribution in [3.05, 3.63) is 59.7 Å². The number of para-hydroxylation sites is 1. The summed E-state index contributed by atoms with van der Waals surface area (Å²) >= 11 is 0. The van der Waals surface area contributed by atoms with E-state index in [0.29, 0.717) is 19.0 Å². The monoisotopic (exact) mass is 533 g/mol. The molecule has 2 aromatic carbocycles. The third kappa shape index (κ3) is 5.50. The van der Waals surface area contributed by atoms with Gasteiger partial charge in [-0.15, -0.1) is 24.0 Å². The van der Waals surface area contributed by atoms with Gasteiger partial charge in [0.25, 0.3) is 0 Å². The predicted octanol–water partition coefficient (Wildman–Crippen LogP) is 3.55. The van der Waals surface area contributed by atoms with Gasteiger partial charge in [0.2, 0.25) is 5.91 Å². The molecule has 1 atom stereocenters. The van der Waals surface area contributed by atoms with Gasteiger partial charge in [0.05, 0.1) is 0 Å². The van der Waals surface area contributed by atoms with Crippen LogP contribution in [0.3, 0.4) is 0 Å². The Morgan fingerprint density at radius 1 is 1.06 bits per heavy atom. The minimum atomic E-state index is 0. The summed E-state index contributed by atoms with van der Waals surface area (Å²) in [5.74, 6) is 1.02. The van der Waals surface area contributed by atoms with Crippen LogP contribution in [0.25, 0.3) is 0 Å². The van der Waals surface area contributed by atoms with E-state index in [9.17, 15) is 4.79 Å². The highest BCUT2D eigenvalue weighted by Gasteiger charge is 2.23. The van der Waals surface area contributed by atoms with Crippen LogP contribution in [0.4, 0.5) is 11.4 Å². The van der Waals surface area contributed by atoms with E-state index in [0.717, 1.165) is 49.7 Å². The number of anilines is 2. The first kappa shape index (κ1) is 23.4. The lowest BCUT2D eigenvalue weighted by Gasteiger charge is -2.28. The Balaban J connectivity index is 0.00000272. The molecule has 166 valence electrons. The molecule has 0 aliphatic carbocycles. The quantitative estimate of drug-likeness (QED) is 0.339. The normalized spacial score (nSPS) is 16.7. The van der Waals surface area contributed by atoms with Crippen molar-refractivity contribution in [2.45, 2.75) is 38.8 Å². The molecule has 2 aliphatic rings. The molecule has 2 heterocycles. The minimum absolute atomic E-state index is 0. The third-order valence-electron chi connectivity index (χ3n) is 6.03. The van der Waals surface area contributed by atoms with Crippen molar-refractivity contribution in [2.24, 2.45) is 4.99 Å². The summed E-state index contributed by atoms with van der Waals surface area (Å²) < 4.78 is 0. The van der Waals surface area contributed by atoms with Crippen molar-refractivity contribution in [1.82, 2.24) is 10.6 Å². The maximum absolute atomic E-state index is 11.9. The van der Waals surface area contributed by atoms with E-state index in [-0.39, 0.29) is 29.9 Å². The standard InChI is InChI=1S/C24H31N5O.HI/c1-18(28-15-13-20-6-3-4-7-22(20)28)16-26-24(25-2)27-17-19-9-11-21(12-10-19)29-14-5-8-23(29)30;/h3-4,6-7,9-12,18H,5,8,13-17H2,1-2H3,(H2,25,26,27);1H. The molecule has 4 rings (SSSR count). The zero-order valence-electron chi connectivity index (χ0n) is 18.3. The summed E-state index contributed by atoms with van der Waals surface area (Å²) in [4.78, 5) is 20.6. The first-order valence-corrected chi connectivity index (χ1v) is 10.8. The lowest BCUT2D eigenvalue weighted by Crippen LogP contribution is -2.45. The number of benzene rings is 2. The molecule has 1 saturated heterocycles. The molecule has 0 saturated carbocycles. The average Bonchev–Trinajstić information content (AvgIpc) is 3.40. The number of fused-ring (bicyclic) bond motifs is 1. The number of aliphatic imine (C=N–C) groups is 1. The molecule has 2 aromatic rings. The smallest absolute Gasteiger partial charge is 0.227 e. The van der Waals surface area contributed by atoms with E-state index in [1.54, 1.807) is 7.05 Å². The zero-order valence-corrected chi connectivity index (χ0v) is 20.6. The first-order valence-electron chi connectivity index (χ1n) is 10.8. The van der Waals surface area contributed by atoms with E-state index in [2.05, 4.69) is 63.8 Å². The summed E-state index contributed by atoms with van der Waals surface area (Å²) in [6.45, 7) is 5.66. The highest BCUT2D eigenvalue weighted by atomic mass is 127. The predicted molar refractivity (Wildman–Crippen MR) is 139 cm³/mol. The molecule has 1 unspecified atom stereocenters. The Morgan fingerprint density at radius 2 is 1.84 bits per heavy atom. The number of rotatable bonds is 6. The van der Waals surface area contributed by atoms with Crippen molar-refractivity contribution in [2.75, 3.05) is 36.5 Å². The number of carbonyl (C=O) groups is 1. The van der Waals surface area contributed by atoms with Crippen molar-refractivity contribution >= 4 is 47.2 Å². The number of nitrogens with one attached hydrogen (secondary N) is 2. The Labute approximate surface area is 202 Å². The molecule has 6 nitrogen and oxygen atoms in total. The van der Waals surface area contributed by atoms with Gasteiger partial charge in [-0.2, -0.15) is 0 Å². The molecule has 0 spiro atoms. The summed E-state index contributed by atoms with van der Waals surface area (Å²) in [5, 5.41) is 6.84. The van der Waals surface area contributed by atoms with Crippen LogP contribution in [0.5, 0.6) is 0 Å². The molecule has 7 heteroatoms. The van der Waals surface area contributed by atoms with Crippen molar-refractivity contribution in [3.8, 4) is 0 Å². The molecule has 1 fully saturated rings. The van der Waals surface area contributed by atoms with E-state index in [1.807, 2.05) is 17.0 Å². The summed E-state index contributed by atoms with van der Waals surface area (Å²) in [6.07, 6.45) is 2.73. The van der Waals surface area contributed by atoms with E-state index >= 15 is 0 Å². The van der Waals surface area contributed by atoms with Gasteiger partial charge in [-0.25, -0.2) is 0 Å². The van der Waals surface area contributed by atoms with Crippen LogP contribution in [0, 0.1) is 0 Å². The van der Waals surface area contributed by atoms with E-state index in [1.165, 1.54) is 11.3 Å². The van der Waals surface area contributed by atoms with Gasteiger partial charge in [0.15, 0.2) is 5.96 Å². The number of hydrogen-bond donors (Lipinski definition) is 2. The van der Waals surface area contributed by atoms with Crippen LogP contribution in [0.2, 0.25) is 0 Å². The Bertz CT molecular complexity index is 914. The van der Waals surface area contributed by atoms with Crippen LogP contribution in [0.15, 0.2) is 53.5 Å². The number of halogens is 1. The van der Waals surface area contributed by atoms with Gasteiger partial charge in [-0.05, 0) is 49.1 Å². The van der Waals surface area contributed by atoms with Crippen LogP contribution >= 0.6 is 24.0 Å². The second kappa shape index (κ2) is 10.8. The molecule has 0 radical (unpaired) electrons. The molecule has 1 amide bonds. The Morgan fingerprint density at radius 3 is 2.55 bits per heavy atom. The fourth-order valence-electron chi connectivity index (χ4n) is 4.30. The molecule has 31 heavy (non-hydrogen) atoms. The van der Waals surface area contributed by atoms with Crippen LogP contribution in [-0.4, -0.2) is 44.6 Å². The number of amides is 1. The SMILES string of the molecule is CN=C(NCc1ccc(N2CCCC2=O)cc1)NCC(C)N1CCc2ccccc21.I. The Hall–Kier alpha value is -2.29. The molecule has 0 aromatic heterocycles. The fourth-order valence-corrected chi connectivity index (χ4v) is 4.30.